The molecule has 4 heteroatoms. The monoisotopic (exact) mass is 150 g/mol. The molecule has 0 rings (SSSR count). The average molecular weight is 150 g/mol. The van der Waals surface area contributed by atoms with Crippen molar-refractivity contribution in [2.75, 3.05) is 19.8 Å². The van der Waals surface area contributed by atoms with Gasteiger partial charge in [-0.15, -0.1) is 0 Å². The minimum Gasteiger partial charge on any atom is -0.481 e. The molecule has 2 N–H and O–H groups in total. The smallest absolute Gasteiger partial charge is 0.300 e. The first-order valence-corrected chi connectivity index (χ1v) is 3.03. The molecule has 0 radical (unpaired) electrons. The third-order valence-electron chi connectivity index (χ3n) is 0.440. The topological polar surface area (TPSA) is 66.8 Å². The molecule has 0 fully saturated rings. The van der Waals surface area contributed by atoms with E-state index in [0.717, 1.165) is 6.92 Å². The van der Waals surface area contributed by atoms with Crippen molar-refractivity contribution in [2.45, 2.75) is 13.8 Å². The second kappa shape index (κ2) is 11.2. The lowest BCUT2D eigenvalue weighted by molar-refractivity contribution is -0.134. The van der Waals surface area contributed by atoms with E-state index in [9.17, 15) is 0 Å². The van der Waals surface area contributed by atoms with E-state index in [2.05, 4.69) is 0 Å². The average Bonchev–Trinajstić information content (AvgIpc) is 1.82. The highest BCUT2D eigenvalue weighted by Gasteiger charge is 1.73. The number of ether oxygens (including phenoxy) is 1. The first-order chi connectivity index (χ1) is 4.65. The number of carboxylic acid groups (broad SMARTS) is 1. The highest BCUT2D eigenvalue weighted by molar-refractivity contribution is 5.62. The van der Waals surface area contributed by atoms with E-state index in [-0.39, 0.29) is 6.61 Å². The molecule has 4 nitrogen and oxygen atoms in total. The molecule has 0 amide bonds. The number of rotatable bonds is 3. The van der Waals surface area contributed by atoms with E-state index < -0.39 is 5.97 Å². The molecule has 0 aliphatic rings. The highest BCUT2D eigenvalue weighted by atomic mass is 16.5. The molecule has 10 heavy (non-hydrogen) atoms. The minimum atomic E-state index is -0.833. The maximum Gasteiger partial charge on any atom is 0.300 e. The van der Waals surface area contributed by atoms with Crippen molar-refractivity contribution >= 4 is 5.97 Å². The van der Waals surface area contributed by atoms with Crippen LogP contribution in [0.25, 0.3) is 0 Å². The molecule has 62 valence electrons. The molecule has 0 aromatic carbocycles. The highest BCUT2D eigenvalue weighted by Crippen LogP contribution is 1.66. The van der Waals surface area contributed by atoms with Crippen LogP contribution in [0.1, 0.15) is 13.8 Å². The number of aliphatic hydroxyl groups is 1. The zero-order valence-electron chi connectivity index (χ0n) is 6.33. The van der Waals surface area contributed by atoms with E-state index >= 15 is 0 Å². The standard InChI is InChI=1S/C4H10O2.C2H4O2/c1-2-6-4-3-5;1-2(3)4/h5H,2-4H2,1H3;1H3,(H,3,4). The Labute approximate surface area is 60.4 Å². The number of carbonyl (C=O) groups is 1. The van der Waals surface area contributed by atoms with Crippen LogP contribution in [0.5, 0.6) is 0 Å². The second-order valence-corrected chi connectivity index (χ2v) is 1.44. The van der Waals surface area contributed by atoms with Gasteiger partial charge in [0.25, 0.3) is 5.97 Å². The number of aliphatic hydroxyl groups excluding tert-OH is 1. The van der Waals surface area contributed by atoms with Gasteiger partial charge in [0.2, 0.25) is 0 Å². The summed E-state index contributed by atoms with van der Waals surface area (Å²) in [5, 5.41) is 15.5. The third-order valence-corrected chi connectivity index (χ3v) is 0.440. The molecule has 0 aliphatic heterocycles. The molecule has 0 saturated carbocycles. The quantitative estimate of drug-likeness (QED) is 0.560. The Morgan fingerprint density at radius 2 is 2.00 bits per heavy atom. The fraction of sp³-hybridized carbons (Fsp3) is 0.833. The van der Waals surface area contributed by atoms with E-state index in [1.54, 1.807) is 0 Å². The van der Waals surface area contributed by atoms with Gasteiger partial charge in [0.05, 0.1) is 13.2 Å². The van der Waals surface area contributed by atoms with Gasteiger partial charge in [-0.1, -0.05) is 0 Å². The molecule has 0 heterocycles. The van der Waals surface area contributed by atoms with Crippen molar-refractivity contribution in [3.8, 4) is 0 Å². The summed E-state index contributed by atoms with van der Waals surface area (Å²) in [4.78, 5) is 9.00. The maximum absolute atomic E-state index is 9.00. The molecular weight excluding hydrogens is 136 g/mol. The minimum absolute atomic E-state index is 0.133. The van der Waals surface area contributed by atoms with Crippen molar-refractivity contribution in [2.24, 2.45) is 0 Å². The first-order valence-electron chi connectivity index (χ1n) is 3.03. The SMILES string of the molecule is CC(=O)O.CCOCCO. The van der Waals surface area contributed by atoms with Crippen LogP contribution in [-0.4, -0.2) is 36.0 Å². The van der Waals surface area contributed by atoms with Gasteiger partial charge in [-0.05, 0) is 6.92 Å². The van der Waals surface area contributed by atoms with E-state index in [1.165, 1.54) is 0 Å². The first kappa shape index (κ1) is 12.1. The van der Waals surface area contributed by atoms with Crippen LogP contribution >= 0.6 is 0 Å². The van der Waals surface area contributed by atoms with Gasteiger partial charge in [0, 0.05) is 13.5 Å². The Morgan fingerprint density at radius 3 is 2.10 bits per heavy atom. The van der Waals surface area contributed by atoms with Gasteiger partial charge in [0.15, 0.2) is 0 Å². The summed E-state index contributed by atoms with van der Waals surface area (Å²) in [6, 6.07) is 0. The van der Waals surface area contributed by atoms with E-state index in [4.69, 9.17) is 19.7 Å². The Morgan fingerprint density at radius 1 is 1.60 bits per heavy atom. The zero-order valence-corrected chi connectivity index (χ0v) is 6.33. The lowest BCUT2D eigenvalue weighted by Gasteiger charge is -1.91. The van der Waals surface area contributed by atoms with Crippen LogP contribution < -0.4 is 0 Å². The fourth-order valence-electron chi connectivity index (χ4n) is 0.209. The fourth-order valence-corrected chi connectivity index (χ4v) is 0.209. The number of hydrogen-bond donors (Lipinski definition) is 2. The Kier molecular flexibility index (Phi) is 13.6. The molecule has 0 spiro atoms. The predicted molar refractivity (Wildman–Crippen MR) is 36.9 cm³/mol. The van der Waals surface area contributed by atoms with Crippen molar-refractivity contribution < 1.29 is 19.7 Å². The molecule has 0 aromatic rings. The molecule has 0 bridgehead atoms. The van der Waals surface area contributed by atoms with Crippen molar-refractivity contribution in [1.82, 2.24) is 0 Å². The third kappa shape index (κ3) is 52.8. The summed E-state index contributed by atoms with van der Waals surface area (Å²) >= 11 is 0. The lowest BCUT2D eigenvalue weighted by Crippen LogP contribution is -1.96. The van der Waals surface area contributed by atoms with Crippen molar-refractivity contribution in [3.63, 3.8) is 0 Å². The van der Waals surface area contributed by atoms with Crippen LogP contribution in [0.15, 0.2) is 0 Å². The zero-order chi connectivity index (χ0) is 8.41. The Hall–Kier alpha value is -0.610. The summed E-state index contributed by atoms with van der Waals surface area (Å²) in [6.45, 7) is 4.28. The largest absolute Gasteiger partial charge is 0.481 e. The van der Waals surface area contributed by atoms with E-state index in [0.29, 0.717) is 13.2 Å². The number of hydrogen-bond acceptors (Lipinski definition) is 3. The van der Waals surface area contributed by atoms with Crippen LogP contribution in [-0.2, 0) is 9.53 Å². The summed E-state index contributed by atoms with van der Waals surface area (Å²) in [5.74, 6) is -0.833. The van der Waals surface area contributed by atoms with Gasteiger partial charge >= 0.3 is 0 Å². The maximum atomic E-state index is 9.00. The Balaban J connectivity index is 0. The van der Waals surface area contributed by atoms with Crippen molar-refractivity contribution in [1.29, 1.82) is 0 Å². The number of aliphatic carboxylic acids is 1. The number of carboxylic acids is 1. The summed E-state index contributed by atoms with van der Waals surface area (Å²) in [5.41, 5.74) is 0. The van der Waals surface area contributed by atoms with E-state index in [1.807, 2.05) is 6.92 Å². The summed E-state index contributed by atoms with van der Waals surface area (Å²) in [6.07, 6.45) is 0. The lowest BCUT2D eigenvalue weighted by atomic mass is 10.8. The van der Waals surface area contributed by atoms with Gasteiger partial charge in [-0.25, -0.2) is 0 Å². The van der Waals surface area contributed by atoms with Gasteiger partial charge < -0.3 is 14.9 Å². The summed E-state index contributed by atoms with van der Waals surface area (Å²) in [7, 11) is 0. The molecule has 0 aliphatic carbocycles. The second-order valence-electron chi connectivity index (χ2n) is 1.44. The predicted octanol–water partition coefficient (Wildman–Crippen LogP) is 0.106. The normalized spacial score (nSPS) is 7.90. The Bertz CT molecular complexity index is 64.1. The van der Waals surface area contributed by atoms with Crippen LogP contribution in [0.2, 0.25) is 0 Å². The molecular formula is C6H14O4. The van der Waals surface area contributed by atoms with Gasteiger partial charge in [0.1, 0.15) is 0 Å². The van der Waals surface area contributed by atoms with Crippen LogP contribution in [0.4, 0.5) is 0 Å². The van der Waals surface area contributed by atoms with Crippen LogP contribution in [0.3, 0.4) is 0 Å². The summed E-state index contributed by atoms with van der Waals surface area (Å²) < 4.78 is 4.73. The van der Waals surface area contributed by atoms with Crippen molar-refractivity contribution in [3.05, 3.63) is 0 Å². The van der Waals surface area contributed by atoms with Crippen LogP contribution in [0, 0.1) is 0 Å². The molecule has 0 aromatic heterocycles. The van der Waals surface area contributed by atoms with Gasteiger partial charge in [-0.3, -0.25) is 4.79 Å². The molecule has 0 saturated heterocycles. The molecule has 0 unspecified atom stereocenters. The van der Waals surface area contributed by atoms with Gasteiger partial charge in [-0.2, -0.15) is 0 Å². The molecule has 0 atom stereocenters.